The Kier molecular flexibility index (Phi) is 24.8. The molecule has 4 radical (unpaired) electrons. The van der Waals surface area contributed by atoms with E-state index in [1.807, 2.05) is 12.1 Å². The molecule has 0 spiro atoms. The summed E-state index contributed by atoms with van der Waals surface area (Å²) in [4.78, 5) is 0. The van der Waals surface area contributed by atoms with E-state index in [2.05, 4.69) is 0 Å². The number of phenolic OH excluding ortho intramolecular Hbond substituents is 6. The first-order valence-electron chi connectivity index (χ1n) is 21.5. The second kappa shape index (κ2) is 29.1. The van der Waals surface area contributed by atoms with Gasteiger partial charge in [0.2, 0.25) is 0 Å². The van der Waals surface area contributed by atoms with E-state index in [0.29, 0.717) is 108 Å². The summed E-state index contributed by atoms with van der Waals surface area (Å²) < 4.78 is 34.8. The molecule has 0 amide bonds. The first kappa shape index (κ1) is 57.2. The molecular weight excluding hydrogens is 964 g/mol. The summed E-state index contributed by atoms with van der Waals surface area (Å²) >= 11 is 0. The molecule has 67 heavy (non-hydrogen) atoms. The van der Waals surface area contributed by atoms with E-state index in [4.69, 9.17) is 28.4 Å². The molecule has 3 heterocycles. The van der Waals surface area contributed by atoms with Gasteiger partial charge in [0.1, 0.15) is 69.0 Å². The van der Waals surface area contributed by atoms with Crippen molar-refractivity contribution in [3.05, 3.63) is 109 Å². The SMILES string of the molecule is Oc1ccc2c(c1)-c1c(O)cccc1OCCCCCO2.Oc1ccc2c(c1)-c1c(O)cccc1OCCCCCO2.Oc1cccc2c1-c1c(O)cccc1OCCCCCO2.[La].[Li].[Li].[Li]. The third kappa shape index (κ3) is 15.5. The van der Waals surface area contributed by atoms with Crippen molar-refractivity contribution >= 4 is 56.6 Å². The average molecular weight is 1020 g/mol. The zero-order valence-corrected chi connectivity index (χ0v) is 42.3. The summed E-state index contributed by atoms with van der Waals surface area (Å²) in [5, 5.41) is 60.5. The first-order chi connectivity index (χ1) is 30.8. The summed E-state index contributed by atoms with van der Waals surface area (Å²) in [7, 11) is 0. The predicted molar refractivity (Wildman–Crippen MR) is 257 cm³/mol. The van der Waals surface area contributed by atoms with Crippen LogP contribution in [0.3, 0.4) is 0 Å². The Morgan fingerprint density at radius 1 is 0.284 bits per heavy atom. The molecule has 336 valence electrons. The monoisotopic (exact) mass is 1020 g/mol. The van der Waals surface area contributed by atoms with E-state index in [1.165, 1.54) is 0 Å². The Morgan fingerprint density at radius 3 is 0.836 bits per heavy atom. The van der Waals surface area contributed by atoms with Gasteiger partial charge in [0.05, 0.1) is 61.9 Å². The van der Waals surface area contributed by atoms with Gasteiger partial charge >= 0.3 is 0 Å². The Labute approximate surface area is 456 Å². The minimum atomic E-state index is 0. The second-order valence-corrected chi connectivity index (χ2v) is 15.2. The standard InChI is InChI=1S/3C17H18O4.La.3Li/c18-12-6-4-8-14-16(12)17-13(19)7-5-9-15(17)21-11-3-1-2-10-20-14;2*18-12-7-8-15-13(11-12)17-14(19)5-4-6-16(17)21-10-3-1-2-9-20-15;;;;/h4-9,18-19H,1-3,10-11H2;2*4-8,11,18-19H,1-3,9-10H2;;;;. The van der Waals surface area contributed by atoms with Crippen LogP contribution in [0.5, 0.6) is 69.0 Å². The fourth-order valence-electron chi connectivity index (χ4n) is 7.52. The molecule has 0 saturated carbocycles. The maximum absolute atomic E-state index is 10.2. The maximum atomic E-state index is 10.2. The van der Waals surface area contributed by atoms with Crippen LogP contribution in [0.4, 0.5) is 0 Å². The zero-order chi connectivity index (χ0) is 44.0. The zero-order valence-electron chi connectivity index (χ0n) is 38.7. The number of ether oxygens (including phenoxy) is 6. The fraction of sp³-hybridized carbons (Fsp3) is 0.294. The van der Waals surface area contributed by atoms with Crippen LogP contribution in [0.25, 0.3) is 33.4 Å². The van der Waals surface area contributed by atoms with Crippen LogP contribution in [0.2, 0.25) is 0 Å². The van der Waals surface area contributed by atoms with Gasteiger partial charge in [-0.05, 0) is 143 Å². The molecule has 0 fully saturated rings. The van der Waals surface area contributed by atoms with Crippen LogP contribution in [0.15, 0.2) is 109 Å². The van der Waals surface area contributed by atoms with Crippen molar-refractivity contribution in [3.63, 3.8) is 0 Å². The van der Waals surface area contributed by atoms with Gasteiger partial charge in [-0.2, -0.15) is 0 Å². The molecule has 6 N–H and O–H groups in total. The smallest absolute Gasteiger partial charge is 0.131 e. The number of aromatic hydroxyl groups is 6. The summed E-state index contributed by atoms with van der Waals surface area (Å²) in [5.41, 5.74) is 3.37. The van der Waals surface area contributed by atoms with E-state index in [9.17, 15) is 30.6 Å². The van der Waals surface area contributed by atoms with Crippen LogP contribution >= 0.6 is 0 Å². The molecule has 0 unspecified atom stereocenters. The van der Waals surface area contributed by atoms with Crippen molar-refractivity contribution in [3.8, 4) is 102 Å². The second-order valence-electron chi connectivity index (χ2n) is 15.2. The largest absolute Gasteiger partial charge is 0.508 e. The van der Waals surface area contributed by atoms with E-state index in [-0.39, 0.29) is 127 Å². The fourth-order valence-corrected chi connectivity index (χ4v) is 7.52. The minimum Gasteiger partial charge on any atom is -0.508 e. The van der Waals surface area contributed by atoms with Crippen molar-refractivity contribution in [1.82, 2.24) is 0 Å². The Morgan fingerprint density at radius 2 is 0.537 bits per heavy atom. The van der Waals surface area contributed by atoms with Gasteiger partial charge in [0.25, 0.3) is 0 Å². The topological polar surface area (TPSA) is 177 Å². The van der Waals surface area contributed by atoms with Crippen LogP contribution in [-0.2, 0) is 0 Å². The predicted octanol–water partition coefficient (Wildman–Crippen LogP) is 9.98. The maximum Gasteiger partial charge on any atom is 0.131 e. The third-order valence-electron chi connectivity index (χ3n) is 10.6. The molecule has 6 aromatic carbocycles. The Hall–Kier alpha value is -4.09. The van der Waals surface area contributed by atoms with Gasteiger partial charge in [-0.15, -0.1) is 0 Å². The molecule has 0 atom stereocenters. The van der Waals surface area contributed by atoms with Gasteiger partial charge in [-0.25, -0.2) is 0 Å². The van der Waals surface area contributed by atoms with Crippen LogP contribution in [0.1, 0.15) is 57.8 Å². The molecule has 0 bridgehead atoms. The number of hydrogen-bond acceptors (Lipinski definition) is 12. The quantitative estimate of drug-likeness (QED) is 0.0796. The molecule has 3 aliphatic heterocycles. The molecule has 6 aromatic rings. The van der Waals surface area contributed by atoms with Gasteiger partial charge in [0.15, 0.2) is 0 Å². The van der Waals surface area contributed by atoms with Gasteiger partial charge < -0.3 is 59.1 Å². The number of phenols is 6. The van der Waals surface area contributed by atoms with Crippen LogP contribution < -0.4 is 28.4 Å². The minimum absolute atomic E-state index is 0. The first-order valence-corrected chi connectivity index (χ1v) is 21.5. The van der Waals surface area contributed by atoms with Crippen LogP contribution in [0, 0.1) is 35.6 Å². The molecule has 9 rings (SSSR count). The van der Waals surface area contributed by atoms with Crippen molar-refractivity contribution < 1.29 is 94.7 Å². The molecule has 0 aliphatic carbocycles. The van der Waals surface area contributed by atoms with Crippen molar-refractivity contribution in [2.75, 3.05) is 39.6 Å². The van der Waals surface area contributed by atoms with Gasteiger partial charge in [0, 0.05) is 103 Å². The Balaban J connectivity index is 0.000000259. The number of hydrogen-bond donors (Lipinski definition) is 6. The molecule has 0 aromatic heterocycles. The summed E-state index contributed by atoms with van der Waals surface area (Å²) in [6, 6.07) is 30.4. The van der Waals surface area contributed by atoms with E-state index < -0.39 is 0 Å². The molecule has 3 aliphatic rings. The average Bonchev–Trinajstić information content (AvgIpc) is 3.37. The van der Waals surface area contributed by atoms with Crippen LogP contribution in [-0.4, -0.2) is 127 Å². The summed E-state index contributed by atoms with van der Waals surface area (Å²) in [6.07, 6.45) is 8.73. The van der Waals surface area contributed by atoms with E-state index in [0.717, 1.165) is 57.8 Å². The number of benzene rings is 6. The van der Waals surface area contributed by atoms with Gasteiger partial charge in [-0.3, -0.25) is 0 Å². The number of fused-ring (bicyclic) bond motifs is 9. The van der Waals surface area contributed by atoms with Crippen molar-refractivity contribution in [2.24, 2.45) is 0 Å². The van der Waals surface area contributed by atoms with Crippen molar-refractivity contribution in [2.45, 2.75) is 57.8 Å². The Bertz CT molecular complexity index is 2300. The van der Waals surface area contributed by atoms with Crippen molar-refractivity contribution in [1.29, 1.82) is 0 Å². The third-order valence-corrected chi connectivity index (χ3v) is 10.6. The van der Waals surface area contributed by atoms with Gasteiger partial charge in [-0.1, -0.05) is 24.3 Å². The van der Waals surface area contributed by atoms with E-state index >= 15 is 0 Å². The molecule has 12 nitrogen and oxygen atoms in total. The molecule has 0 saturated heterocycles. The summed E-state index contributed by atoms with van der Waals surface area (Å²) in [6.45, 7) is 3.59. The number of rotatable bonds is 0. The molecular formula is C51H54LaLi3O12. The summed E-state index contributed by atoms with van der Waals surface area (Å²) in [5.74, 6) is 4.22. The normalized spacial score (nSPS) is 14.0. The molecule has 16 heteroatoms. The van der Waals surface area contributed by atoms with E-state index in [1.54, 1.807) is 97.1 Å².